The molecule has 0 N–H and O–H groups in total. The van der Waals surface area contributed by atoms with Gasteiger partial charge < -0.3 is 4.90 Å². The molecule has 0 bridgehead atoms. The summed E-state index contributed by atoms with van der Waals surface area (Å²) in [4.78, 5) is 14.3. The predicted octanol–water partition coefficient (Wildman–Crippen LogP) is 3.50. The lowest BCUT2D eigenvalue weighted by atomic mass is 9.69. The first-order valence-electron chi connectivity index (χ1n) is 6.85. The zero-order valence-electron chi connectivity index (χ0n) is 11.5. The van der Waals surface area contributed by atoms with Crippen LogP contribution in [0.5, 0.6) is 0 Å². The summed E-state index contributed by atoms with van der Waals surface area (Å²) in [5, 5.41) is 11.5. The van der Waals surface area contributed by atoms with Gasteiger partial charge in [0.05, 0.1) is 11.8 Å². The van der Waals surface area contributed by atoms with Crippen LogP contribution in [0.4, 0.5) is 5.69 Å². The minimum Gasteiger partial charge on any atom is -0.313 e. The molecular formula is C17H16N2O. The van der Waals surface area contributed by atoms with Crippen LogP contribution >= 0.6 is 0 Å². The Morgan fingerprint density at radius 2 is 1.90 bits per heavy atom. The lowest BCUT2D eigenvalue weighted by molar-refractivity contribution is -0.128. The molecule has 0 radical (unpaired) electrons. The molecule has 0 spiro atoms. The van der Waals surface area contributed by atoms with Gasteiger partial charge in [0.25, 0.3) is 0 Å². The monoisotopic (exact) mass is 264 g/mol. The van der Waals surface area contributed by atoms with Crippen molar-refractivity contribution in [2.75, 3.05) is 11.9 Å². The Morgan fingerprint density at radius 3 is 2.55 bits per heavy atom. The van der Waals surface area contributed by atoms with Gasteiger partial charge in [0.15, 0.2) is 0 Å². The molecule has 1 amide bonds. The average molecular weight is 264 g/mol. The van der Waals surface area contributed by atoms with Crippen LogP contribution in [-0.2, 0) is 4.79 Å². The number of rotatable bonds is 2. The summed E-state index contributed by atoms with van der Waals surface area (Å²) in [5.41, 5.74) is 0.0701. The topological polar surface area (TPSA) is 44.1 Å². The van der Waals surface area contributed by atoms with E-state index in [1.165, 1.54) is 0 Å². The van der Waals surface area contributed by atoms with Gasteiger partial charge in [-0.25, -0.2) is 0 Å². The summed E-state index contributed by atoms with van der Waals surface area (Å²) in [6.07, 6.45) is 2.32. The van der Waals surface area contributed by atoms with Crippen molar-refractivity contribution in [3.63, 3.8) is 0 Å². The van der Waals surface area contributed by atoms with Gasteiger partial charge in [0, 0.05) is 12.4 Å². The van der Waals surface area contributed by atoms with E-state index in [-0.39, 0.29) is 5.91 Å². The highest BCUT2D eigenvalue weighted by atomic mass is 16.2. The van der Waals surface area contributed by atoms with E-state index in [1.807, 2.05) is 42.5 Å². The first kappa shape index (κ1) is 12.7. The number of anilines is 1. The van der Waals surface area contributed by atoms with E-state index in [0.29, 0.717) is 12.8 Å². The van der Waals surface area contributed by atoms with Crippen molar-refractivity contribution >= 4 is 22.4 Å². The van der Waals surface area contributed by atoms with Crippen molar-refractivity contribution in [3.8, 4) is 6.07 Å². The number of carbonyl (C=O) groups is 1. The van der Waals surface area contributed by atoms with Gasteiger partial charge >= 0.3 is 0 Å². The standard InChI is InChI=1S/C17H16N2O/c1-19(16(20)17(12-18)10-5-11-17)15-9-4-7-13-6-2-3-8-14(13)15/h2-4,6-9H,5,10-11H2,1H3. The number of carbonyl (C=O) groups excluding carboxylic acids is 1. The molecule has 3 nitrogen and oxygen atoms in total. The summed E-state index contributed by atoms with van der Waals surface area (Å²) >= 11 is 0. The van der Waals surface area contributed by atoms with Gasteiger partial charge in [-0.2, -0.15) is 5.26 Å². The van der Waals surface area contributed by atoms with E-state index in [9.17, 15) is 10.1 Å². The van der Waals surface area contributed by atoms with E-state index < -0.39 is 5.41 Å². The summed E-state index contributed by atoms with van der Waals surface area (Å²) in [7, 11) is 1.77. The molecule has 20 heavy (non-hydrogen) atoms. The summed E-state index contributed by atoms with van der Waals surface area (Å²) < 4.78 is 0. The first-order chi connectivity index (χ1) is 9.68. The molecule has 0 unspecified atom stereocenters. The van der Waals surface area contributed by atoms with Crippen molar-refractivity contribution in [2.24, 2.45) is 5.41 Å². The van der Waals surface area contributed by atoms with Crippen molar-refractivity contribution in [1.82, 2.24) is 0 Å². The molecule has 2 aromatic rings. The Morgan fingerprint density at radius 1 is 1.20 bits per heavy atom. The molecule has 1 fully saturated rings. The van der Waals surface area contributed by atoms with Crippen LogP contribution in [0.15, 0.2) is 42.5 Å². The molecule has 1 aliphatic rings. The Balaban J connectivity index is 2.03. The SMILES string of the molecule is CN(C(=O)C1(C#N)CCC1)c1cccc2ccccc12. The lowest BCUT2D eigenvalue weighted by Gasteiger charge is -2.37. The Bertz CT molecular complexity index is 705. The second-order valence-corrected chi connectivity index (χ2v) is 5.41. The van der Waals surface area contributed by atoms with Crippen LogP contribution in [0.2, 0.25) is 0 Å². The third-order valence-electron chi connectivity index (χ3n) is 4.26. The highest BCUT2D eigenvalue weighted by Crippen LogP contribution is 2.43. The zero-order chi connectivity index (χ0) is 14.2. The molecule has 1 aliphatic carbocycles. The van der Waals surface area contributed by atoms with E-state index in [2.05, 4.69) is 6.07 Å². The van der Waals surface area contributed by atoms with Gasteiger partial charge in [-0.3, -0.25) is 4.79 Å². The molecule has 3 heteroatoms. The highest BCUT2D eigenvalue weighted by molar-refractivity contribution is 6.06. The van der Waals surface area contributed by atoms with Gasteiger partial charge in [-0.15, -0.1) is 0 Å². The van der Waals surface area contributed by atoms with E-state index in [1.54, 1.807) is 11.9 Å². The molecule has 0 aliphatic heterocycles. The minimum absolute atomic E-state index is 0.0809. The Kier molecular flexibility index (Phi) is 2.94. The van der Waals surface area contributed by atoms with Gasteiger partial charge in [-0.05, 0) is 30.7 Å². The number of nitriles is 1. The van der Waals surface area contributed by atoms with Crippen molar-refractivity contribution in [3.05, 3.63) is 42.5 Å². The number of nitrogens with zero attached hydrogens (tertiary/aromatic N) is 2. The largest absolute Gasteiger partial charge is 0.313 e. The van der Waals surface area contributed by atoms with Gasteiger partial charge in [-0.1, -0.05) is 36.4 Å². The number of hydrogen-bond donors (Lipinski definition) is 0. The number of amides is 1. The maximum absolute atomic E-state index is 12.6. The summed E-state index contributed by atoms with van der Waals surface area (Å²) in [6, 6.07) is 16.1. The normalized spacial score (nSPS) is 16.2. The average Bonchev–Trinajstić information content (AvgIpc) is 2.45. The third-order valence-corrected chi connectivity index (χ3v) is 4.26. The fourth-order valence-electron chi connectivity index (χ4n) is 2.84. The Hall–Kier alpha value is -2.34. The van der Waals surface area contributed by atoms with Crippen molar-refractivity contribution in [2.45, 2.75) is 19.3 Å². The lowest BCUT2D eigenvalue weighted by Crippen LogP contribution is -2.45. The number of hydrogen-bond acceptors (Lipinski definition) is 2. The predicted molar refractivity (Wildman–Crippen MR) is 79.3 cm³/mol. The molecule has 3 rings (SSSR count). The third kappa shape index (κ3) is 1.77. The molecule has 2 aromatic carbocycles. The van der Waals surface area contributed by atoms with Gasteiger partial charge in [0.1, 0.15) is 5.41 Å². The molecule has 1 saturated carbocycles. The Labute approximate surface area is 118 Å². The highest BCUT2D eigenvalue weighted by Gasteiger charge is 2.46. The van der Waals surface area contributed by atoms with Crippen LogP contribution in [0, 0.1) is 16.7 Å². The molecular weight excluding hydrogens is 248 g/mol. The summed E-state index contributed by atoms with van der Waals surface area (Å²) in [6.45, 7) is 0. The fourth-order valence-corrected chi connectivity index (χ4v) is 2.84. The molecule has 0 saturated heterocycles. The molecule has 0 heterocycles. The number of benzene rings is 2. The molecule has 0 atom stereocenters. The molecule has 100 valence electrons. The van der Waals surface area contributed by atoms with E-state index >= 15 is 0 Å². The van der Waals surface area contributed by atoms with Crippen LogP contribution in [0.3, 0.4) is 0 Å². The first-order valence-corrected chi connectivity index (χ1v) is 6.85. The maximum Gasteiger partial charge on any atom is 0.247 e. The van der Waals surface area contributed by atoms with Crippen molar-refractivity contribution in [1.29, 1.82) is 5.26 Å². The second kappa shape index (κ2) is 4.64. The van der Waals surface area contributed by atoms with Crippen molar-refractivity contribution < 1.29 is 4.79 Å². The summed E-state index contributed by atoms with van der Waals surface area (Å²) in [5.74, 6) is -0.0809. The quantitative estimate of drug-likeness (QED) is 0.833. The smallest absolute Gasteiger partial charge is 0.247 e. The zero-order valence-corrected chi connectivity index (χ0v) is 11.5. The number of fused-ring (bicyclic) bond motifs is 1. The van der Waals surface area contributed by atoms with E-state index in [4.69, 9.17) is 0 Å². The van der Waals surface area contributed by atoms with Gasteiger partial charge in [0.2, 0.25) is 5.91 Å². The van der Waals surface area contributed by atoms with Crippen LogP contribution < -0.4 is 4.90 Å². The van der Waals surface area contributed by atoms with Crippen LogP contribution in [0.25, 0.3) is 10.8 Å². The van der Waals surface area contributed by atoms with Crippen LogP contribution in [0.1, 0.15) is 19.3 Å². The molecule has 0 aromatic heterocycles. The fraction of sp³-hybridized carbons (Fsp3) is 0.294. The minimum atomic E-state index is -0.800. The second-order valence-electron chi connectivity index (χ2n) is 5.41. The maximum atomic E-state index is 12.6. The van der Waals surface area contributed by atoms with E-state index in [0.717, 1.165) is 22.9 Å². The van der Waals surface area contributed by atoms with Crippen LogP contribution in [-0.4, -0.2) is 13.0 Å².